The van der Waals surface area contributed by atoms with Gasteiger partial charge in [0.25, 0.3) is 5.69 Å². The molecule has 0 saturated carbocycles. The molecule has 0 bridgehead atoms. The van der Waals surface area contributed by atoms with Crippen LogP contribution in [0.2, 0.25) is 0 Å². The average molecular weight is 364 g/mol. The van der Waals surface area contributed by atoms with Crippen molar-refractivity contribution in [3.05, 3.63) is 39.9 Å². The number of nitrogens with zero attached hydrogens (tertiary/aromatic N) is 2. The number of nitro groups is 1. The summed E-state index contributed by atoms with van der Waals surface area (Å²) < 4.78 is 4.78. The minimum Gasteiger partial charge on any atom is -0.481 e. The highest BCUT2D eigenvalue weighted by Crippen LogP contribution is 2.34. The van der Waals surface area contributed by atoms with Gasteiger partial charge in [0.1, 0.15) is 0 Å². The lowest BCUT2D eigenvalue weighted by Gasteiger charge is -2.16. The average Bonchev–Trinajstić information content (AvgIpc) is 3.06. The van der Waals surface area contributed by atoms with Gasteiger partial charge < -0.3 is 14.7 Å². The zero-order valence-corrected chi connectivity index (χ0v) is 14.3. The Morgan fingerprint density at radius 3 is 2.42 bits per heavy atom. The summed E-state index contributed by atoms with van der Waals surface area (Å²) in [5.74, 6) is -3.08. The predicted octanol–water partition coefficient (Wildman–Crippen LogP) is 1.56. The number of hydrogen-bond donors (Lipinski definition) is 1. The quantitative estimate of drug-likeness (QED) is 0.442. The standard InChI is InChI=1S/C17H20N2O7/c1-2-26-16(21)8-7-15(20)18-9-13(14(10-18)17(22)23)11-3-5-12(6-4-11)19(24)25/h3-6,13-14H,2,7-10H2,1H3,(H,22,23). The summed E-state index contributed by atoms with van der Waals surface area (Å²) in [6, 6.07) is 5.68. The summed E-state index contributed by atoms with van der Waals surface area (Å²) >= 11 is 0. The normalized spacial score (nSPS) is 19.2. The number of carboxylic acid groups (broad SMARTS) is 1. The second-order valence-electron chi connectivity index (χ2n) is 6.00. The largest absolute Gasteiger partial charge is 0.481 e. The molecule has 1 fully saturated rings. The molecule has 1 aromatic rings. The van der Waals surface area contributed by atoms with Crippen LogP contribution in [0.5, 0.6) is 0 Å². The van der Waals surface area contributed by atoms with Crippen molar-refractivity contribution >= 4 is 23.5 Å². The molecule has 0 spiro atoms. The van der Waals surface area contributed by atoms with Gasteiger partial charge in [0.15, 0.2) is 0 Å². The number of benzene rings is 1. The number of esters is 1. The van der Waals surface area contributed by atoms with E-state index >= 15 is 0 Å². The minimum atomic E-state index is -1.03. The van der Waals surface area contributed by atoms with E-state index in [1.807, 2.05) is 0 Å². The lowest BCUT2D eigenvalue weighted by atomic mass is 9.89. The number of aliphatic carboxylic acids is 1. The van der Waals surface area contributed by atoms with Crippen LogP contribution in [-0.4, -0.2) is 52.5 Å². The zero-order valence-electron chi connectivity index (χ0n) is 14.3. The topological polar surface area (TPSA) is 127 Å². The van der Waals surface area contributed by atoms with Crippen LogP contribution < -0.4 is 0 Å². The number of ether oxygens (including phenoxy) is 1. The highest BCUT2D eigenvalue weighted by Gasteiger charge is 2.40. The first kappa shape index (κ1) is 19.4. The van der Waals surface area contributed by atoms with Crippen molar-refractivity contribution in [1.29, 1.82) is 0 Å². The van der Waals surface area contributed by atoms with Gasteiger partial charge in [-0.1, -0.05) is 12.1 Å². The van der Waals surface area contributed by atoms with E-state index in [1.54, 1.807) is 6.92 Å². The maximum atomic E-state index is 12.3. The van der Waals surface area contributed by atoms with Gasteiger partial charge in [0, 0.05) is 37.6 Å². The number of carbonyl (C=O) groups excluding carboxylic acids is 2. The van der Waals surface area contributed by atoms with Crippen molar-refractivity contribution in [3.8, 4) is 0 Å². The zero-order chi connectivity index (χ0) is 19.3. The maximum Gasteiger partial charge on any atom is 0.308 e. The van der Waals surface area contributed by atoms with E-state index in [-0.39, 0.29) is 44.1 Å². The highest BCUT2D eigenvalue weighted by molar-refractivity contribution is 5.83. The third kappa shape index (κ3) is 4.56. The van der Waals surface area contributed by atoms with E-state index in [0.29, 0.717) is 5.56 Å². The maximum absolute atomic E-state index is 12.3. The second kappa shape index (κ2) is 8.41. The molecule has 2 atom stereocenters. The second-order valence-corrected chi connectivity index (χ2v) is 6.00. The first-order chi connectivity index (χ1) is 12.3. The van der Waals surface area contributed by atoms with Gasteiger partial charge in [0.05, 0.1) is 23.9 Å². The Morgan fingerprint density at radius 1 is 1.23 bits per heavy atom. The number of carbonyl (C=O) groups is 3. The summed E-state index contributed by atoms with van der Waals surface area (Å²) in [6.45, 7) is 2.14. The lowest BCUT2D eigenvalue weighted by molar-refractivity contribution is -0.384. The molecule has 9 heteroatoms. The summed E-state index contributed by atoms with van der Waals surface area (Å²) in [7, 11) is 0. The molecule has 0 aromatic heterocycles. The van der Waals surface area contributed by atoms with E-state index in [4.69, 9.17) is 4.74 Å². The molecule has 26 heavy (non-hydrogen) atoms. The van der Waals surface area contributed by atoms with Gasteiger partial charge in [-0.3, -0.25) is 24.5 Å². The molecule has 1 N–H and O–H groups in total. The number of carboxylic acids is 1. The Balaban J connectivity index is 2.07. The number of hydrogen-bond acceptors (Lipinski definition) is 6. The van der Waals surface area contributed by atoms with Crippen LogP contribution in [0, 0.1) is 16.0 Å². The molecule has 1 saturated heterocycles. The van der Waals surface area contributed by atoms with Crippen molar-refractivity contribution < 1.29 is 29.2 Å². The fourth-order valence-corrected chi connectivity index (χ4v) is 3.04. The predicted molar refractivity (Wildman–Crippen MR) is 89.4 cm³/mol. The van der Waals surface area contributed by atoms with Gasteiger partial charge in [-0.25, -0.2) is 0 Å². The highest BCUT2D eigenvalue weighted by atomic mass is 16.6. The molecular formula is C17H20N2O7. The van der Waals surface area contributed by atoms with Crippen LogP contribution >= 0.6 is 0 Å². The molecular weight excluding hydrogens is 344 g/mol. The Morgan fingerprint density at radius 2 is 1.88 bits per heavy atom. The van der Waals surface area contributed by atoms with Crippen molar-refractivity contribution in [2.24, 2.45) is 5.92 Å². The van der Waals surface area contributed by atoms with Gasteiger partial charge in [-0.15, -0.1) is 0 Å². The summed E-state index contributed by atoms with van der Waals surface area (Å²) in [4.78, 5) is 46.8. The summed E-state index contributed by atoms with van der Waals surface area (Å²) in [5.41, 5.74) is 0.546. The number of non-ortho nitro benzene ring substituents is 1. The van der Waals surface area contributed by atoms with Crippen LogP contribution in [-0.2, 0) is 19.1 Å². The Hall–Kier alpha value is -2.97. The number of likely N-dealkylation sites (tertiary alicyclic amines) is 1. The van der Waals surface area contributed by atoms with E-state index in [1.165, 1.54) is 29.2 Å². The van der Waals surface area contributed by atoms with E-state index in [0.717, 1.165) is 0 Å². The monoisotopic (exact) mass is 364 g/mol. The molecule has 0 radical (unpaired) electrons. The van der Waals surface area contributed by atoms with Crippen LogP contribution in [0.15, 0.2) is 24.3 Å². The third-order valence-electron chi connectivity index (χ3n) is 4.37. The smallest absolute Gasteiger partial charge is 0.308 e. The number of amides is 1. The van der Waals surface area contributed by atoms with Crippen molar-refractivity contribution in [2.75, 3.05) is 19.7 Å². The molecule has 2 unspecified atom stereocenters. The minimum absolute atomic E-state index is 0.0403. The van der Waals surface area contributed by atoms with Crippen molar-refractivity contribution in [1.82, 2.24) is 4.90 Å². The molecule has 1 aliphatic rings. The van der Waals surface area contributed by atoms with E-state index in [9.17, 15) is 29.6 Å². The Kier molecular flexibility index (Phi) is 6.26. The van der Waals surface area contributed by atoms with Crippen molar-refractivity contribution in [2.45, 2.75) is 25.7 Å². The molecule has 1 aliphatic heterocycles. The molecule has 9 nitrogen and oxygen atoms in total. The Labute approximate surface area is 149 Å². The molecule has 0 aliphatic carbocycles. The number of nitro benzene ring substituents is 1. The van der Waals surface area contributed by atoms with E-state index < -0.39 is 28.7 Å². The van der Waals surface area contributed by atoms with Crippen molar-refractivity contribution in [3.63, 3.8) is 0 Å². The van der Waals surface area contributed by atoms with Crippen LogP contribution in [0.4, 0.5) is 5.69 Å². The molecule has 1 heterocycles. The SMILES string of the molecule is CCOC(=O)CCC(=O)N1CC(C(=O)O)C(c2ccc([N+](=O)[O-])cc2)C1. The molecule has 1 amide bonds. The van der Waals surface area contributed by atoms with Crippen LogP contribution in [0.3, 0.4) is 0 Å². The van der Waals surface area contributed by atoms with Gasteiger partial charge in [-0.2, -0.15) is 0 Å². The van der Waals surface area contributed by atoms with Gasteiger partial charge in [-0.05, 0) is 12.5 Å². The fourth-order valence-electron chi connectivity index (χ4n) is 3.04. The van der Waals surface area contributed by atoms with Crippen LogP contribution in [0.25, 0.3) is 0 Å². The van der Waals surface area contributed by atoms with E-state index in [2.05, 4.69) is 0 Å². The third-order valence-corrected chi connectivity index (χ3v) is 4.37. The summed E-state index contributed by atoms with van der Waals surface area (Å²) in [6.07, 6.45) is -0.0960. The molecule has 140 valence electrons. The first-order valence-corrected chi connectivity index (χ1v) is 8.24. The number of rotatable bonds is 7. The summed E-state index contributed by atoms with van der Waals surface area (Å²) in [5, 5.41) is 20.2. The van der Waals surface area contributed by atoms with Gasteiger partial charge in [0.2, 0.25) is 5.91 Å². The van der Waals surface area contributed by atoms with Crippen LogP contribution in [0.1, 0.15) is 31.2 Å². The molecule has 2 rings (SSSR count). The fraction of sp³-hybridized carbons (Fsp3) is 0.471. The van der Waals surface area contributed by atoms with Gasteiger partial charge >= 0.3 is 11.9 Å². The lowest BCUT2D eigenvalue weighted by Crippen LogP contribution is -2.30. The molecule has 1 aromatic carbocycles. The first-order valence-electron chi connectivity index (χ1n) is 8.24. The Bertz CT molecular complexity index is 702.